The molecule has 0 radical (unpaired) electrons. The van der Waals surface area contributed by atoms with E-state index in [1.165, 1.54) is 0 Å². The number of ketones is 1. The van der Waals surface area contributed by atoms with E-state index in [0.29, 0.717) is 27.2 Å². The molecule has 1 heterocycles. The van der Waals surface area contributed by atoms with Gasteiger partial charge in [-0.15, -0.1) is 0 Å². The second kappa shape index (κ2) is 6.62. The van der Waals surface area contributed by atoms with Crippen molar-refractivity contribution in [3.63, 3.8) is 0 Å². The Labute approximate surface area is 154 Å². The van der Waals surface area contributed by atoms with Gasteiger partial charge in [0.2, 0.25) is 5.43 Å². The summed E-state index contributed by atoms with van der Waals surface area (Å²) in [5.41, 5.74) is 2.20. The van der Waals surface area contributed by atoms with Crippen molar-refractivity contribution in [1.82, 2.24) is 4.98 Å². The van der Waals surface area contributed by atoms with Gasteiger partial charge in [-0.2, -0.15) is 0 Å². The number of carbonyl (C=O) groups is 1. The molecular formula is C22H14ClNO2. The quantitative estimate of drug-likeness (QED) is 0.518. The lowest BCUT2D eigenvalue weighted by Gasteiger charge is -2.11. The summed E-state index contributed by atoms with van der Waals surface area (Å²) < 4.78 is 0. The zero-order chi connectivity index (χ0) is 18.1. The third kappa shape index (κ3) is 2.83. The maximum atomic E-state index is 13.2. The van der Waals surface area contributed by atoms with Crippen molar-refractivity contribution in [2.75, 3.05) is 0 Å². The first-order chi connectivity index (χ1) is 12.6. The molecule has 126 valence electrons. The molecule has 4 rings (SSSR count). The van der Waals surface area contributed by atoms with Gasteiger partial charge in [0, 0.05) is 21.5 Å². The number of rotatable bonds is 3. The number of H-pyrrole nitrogens is 1. The van der Waals surface area contributed by atoms with Crippen LogP contribution in [0.5, 0.6) is 0 Å². The Bertz CT molecular complexity index is 1170. The van der Waals surface area contributed by atoms with Gasteiger partial charge in [0.25, 0.3) is 0 Å². The third-order valence-electron chi connectivity index (χ3n) is 4.29. The van der Waals surface area contributed by atoms with Crippen LogP contribution in [-0.4, -0.2) is 10.8 Å². The van der Waals surface area contributed by atoms with Gasteiger partial charge in [-0.25, -0.2) is 0 Å². The number of aromatic amines is 1. The van der Waals surface area contributed by atoms with Crippen LogP contribution in [0.25, 0.3) is 22.2 Å². The van der Waals surface area contributed by atoms with Crippen molar-refractivity contribution in [2.45, 2.75) is 0 Å². The first-order valence-electron chi connectivity index (χ1n) is 8.16. The zero-order valence-corrected chi connectivity index (χ0v) is 14.5. The maximum Gasteiger partial charge on any atom is 0.201 e. The van der Waals surface area contributed by atoms with Crippen LogP contribution in [-0.2, 0) is 0 Å². The highest BCUT2D eigenvalue weighted by Crippen LogP contribution is 2.25. The van der Waals surface area contributed by atoms with E-state index in [4.69, 9.17) is 11.6 Å². The lowest BCUT2D eigenvalue weighted by atomic mass is 9.96. The number of nitrogens with one attached hydrogen (secondary N) is 1. The molecule has 3 aromatic carbocycles. The Hall–Kier alpha value is -3.17. The minimum Gasteiger partial charge on any atom is -0.354 e. The van der Waals surface area contributed by atoms with Crippen LogP contribution in [0.1, 0.15) is 15.9 Å². The molecule has 1 N–H and O–H groups in total. The first kappa shape index (κ1) is 16.3. The minimum atomic E-state index is -0.325. The first-order valence-corrected chi connectivity index (χ1v) is 8.53. The molecule has 0 unspecified atom stereocenters. The number of fused-ring (bicyclic) bond motifs is 1. The molecule has 0 atom stereocenters. The summed E-state index contributed by atoms with van der Waals surface area (Å²) in [7, 11) is 0. The normalized spacial score (nSPS) is 10.8. The molecule has 0 amide bonds. The Morgan fingerprint density at radius 1 is 0.846 bits per heavy atom. The minimum absolute atomic E-state index is 0.122. The van der Waals surface area contributed by atoms with Gasteiger partial charge in [0.05, 0.1) is 11.3 Å². The summed E-state index contributed by atoms with van der Waals surface area (Å²) in [5.74, 6) is -0.312. The van der Waals surface area contributed by atoms with Crippen molar-refractivity contribution in [3.05, 3.63) is 105 Å². The number of aromatic nitrogens is 1. The SMILES string of the molecule is O=C(c1ccccc1)c1c(-c2ccccc2)[nH]c2ccc(Cl)cc2c1=O. The van der Waals surface area contributed by atoms with Gasteiger partial charge in [-0.05, 0) is 23.8 Å². The molecule has 26 heavy (non-hydrogen) atoms. The van der Waals surface area contributed by atoms with Gasteiger partial charge in [-0.3, -0.25) is 9.59 Å². The molecule has 4 aromatic rings. The maximum absolute atomic E-state index is 13.2. The molecule has 0 aliphatic rings. The fourth-order valence-electron chi connectivity index (χ4n) is 3.03. The predicted molar refractivity (Wildman–Crippen MR) is 105 cm³/mol. The number of hydrogen-bond acceptors (Lipinski definition) is 2. The average molecular weight is 360 g/mol. The van der Waals surface area contributed by atoms with Crippen LogP contribution >= 0.6 is 11.6 Å². The van der Waals surface area contributed by atoms with E-state index >= 15 is 0 Å². The summed E-state index contributed by atoms with van der Waals surface area (Å²) >= 11 is 6.06. The molecule has 0 saturated heterocycles. The number of pyridine rings is 1. The summed E-state index contributed by atoms with van der Waals surface area (Å²) in [4.78, 5) is 29.6. The van der Waals surface area contributed by atoms with Gasteiger partial charge >= 0.3 is 0 Å². The van der Waals surface area contributed by atoms with E-state index in [0.717, 1.165) is 5.56 Å². The average Bonchev–Trinajstić information content (AvgIpc) is 2.69. The molecule has 0 bridgehead atoms. The van der Waals surface area contributed by atoms with Crippen molar-refractivity contribution >= 4 is 28.3 Å². The Balaban J connectivity index is 2.07. The second-order valence-electron chi connectivity index (χ2n) is 5.96. The number of halogens is 1. The third-order valence-corrected chi connectivity index (χ3v) is 4.52. The monoisotopic (exact) mass is 359 g/mol. The molecule has 3 nitrogen and oxygen atoms in total. The predicted octanol–water partition coefficient (Wildman–Crippen LogP) is 5.08. The van der Waals surface area contributed by atoms with E-state index in [-0.39, 0.29) is 16.8 Å². The second-order valence-corrected chi connectivity index (χ2v) is 6.39. The zero-order valence-electron chi connectivity index (χ0n) is 13.7. The summed E-state index contributed by atoms with van der Waals surface area (Å²) in [6.45, 7) is 0. The highest BCUT2D eigenvalue weighted by molar-refractivity contribution is 6.31. The summed E-state index contributed by atoms with van der Waals surface area (Å²) in [6.07, 6.45) is 0. The fraction of sp³-hybridized carbons (Fsp3) is 0. The van der Waals surface area contributed by atoms with E-state index < -0.39 is 0 Å². The molecule has 0 fully saturated rings. The van der Waals surface area contributed by atoms with Gasteiger partial charge in [0.15, 0.2) is 5.78 Å². The van der Waals surface area contributed by atoms with E-state index in [9.17, 15) is 9.59 Å². The number of hydrogen-bond donors (Lipinski definition) is 1. The topological polar surface area (TPSA) is 49.9 Å². The van der Waals surface area contributed by atoms with Gasteiger partial charge < -0.3 is 4.98 Å². The summed E-state index contributed by atoms with van der Waals surface area (Å²) in [5, 5.41) is 0.852. The van der Waals surface area contributed by atoms with E-state index in [2.05, 4.69) is 4.98 Å². The highest BCUT2D eigenvalue weighted by atomic mass is 35.5. The molecule has 4 heteroatoms. The molecule has 0 aliphatic carbocycles. The molecular weight excluding hydrogens is 346 g/mol. The smallest absolute Gasteiger partial charge is 0.201 e. The van der Waals surface area contributed by atoms with Crippen LogP contribution < -0.4 is 5.43 Å². The molecule has 0 spiro atoms. The fourth-order valence-corrected chi connectivity index (χ4v) is 3.20. The van der Waals surface area contributed by atoms with Crippen LogP contribution in [0.3, 0.4) is 0 Å². The highest BCUT2D eigenvalue weighted by Gasteiger charge is 2.21. The van der Waals surface area contributed by atoms with Gasteiger partial charge in [-0.1, -0.05) is 72.3 Å². The molecule has 0 aliphatic heterocycles. The van der Waals surface area contributed by atoms with E-state index in [1.54, 1.807) is 42.5 Å². The number of carbonyl (C=O) groups excluding carboxylic acids is 1. The Morgan fingerprint density at radius 3 is 2.19 bits per heavy atom. The van der Waals surface area contributed by atoms with Gasteiger partial charge in [0.1, 0.15) is 0 Å². The van der Waals surface area contributed by atoms with Crippen molar-refractivity contribution in [3.8, 4) is 11.3 Å². The van der Waals surface area contributed by atoms with Crippen LogP contribution in [0, 0.1) is 0 Å². The number of benzene rings is 3. The Morgan fingerprint density at radius 2 is 1.50 bits per heavy atom. The van der Waals surface area contributed by atoms with Crippen LogP contribution in [0.2, 0.25) is 5.02 Å². The van der Waals surface area contributed by atoms with Crippen molar-refractivity contribution in [1.29, 1.82) is 0 Å². The lowest BCUT2D eigenvalue weighted by molar-refractivity contribution is 0.103. The standard InChI is InChI=1S/C22H14ClNO2/c23-16-11-12-18-17(13-16)22(26)19(21(25)15-9-5-2-6-10-15)20(24-18)14-7-3-1-4-8-14/h1-13H,(H,24,26). The largest absolute Gasteiger partial charge is 0.354 e. The van der Waals surface area contributed by atoms with E-state index in [1.807, 2.05) is 36.4 Å². The summed E-state index contributed by atoms with van der Waals surface area (Å²) in [6, 6.07) is 23.2. The lowest BCUT2D eigenvalue weighted by Crippen LogP contribution is -2.19. The van der Waals surface area contributed by atoms with Crippen LogP contribution in [0.15, 0.2) is 83.7 Å². The van der Waals surface area contributed by atoms with Crippen molar-refractivity contribution < 1.29 is 4.79 Å². The molecule has 1 aromatic heterocycles. The molecule has 0 saturated carbocycles. The van der Waals surface area contributed by atoms with Crippen LogP contribution in [0.4, 0.5) is 0 Å². The Kier molecular flexibility index (Phi) is 4.15. The van der Waals surface area contributed by atoms with Crippen molar-refractivity contribution in [2.24, 2.45) is 0 Å².